The second kappa shape index (κ2) is 4.74. The third-order valence-electron chi connectivity index (χ3n) is 3.77. The minimum absolute atomic E-state index is 0.0355. The summed E-state index contributed by atoms with van der Waals surface area (Å²) in [5.74, 6) is -0.0355. The molecule has 2 nitrogen and oxygen atoms in total. The standard InChI is InChI=1S/C15H13F3O2/c16-15(17,18)10-5-3-9(4-6-10)14-11-2-1-7-20-13(11)8-12(14)19/h3-6,13H,1-2,7-8H2. The first kappa shape index (κ1) is 13.4. The lowest BCUT2D eigenvalue weighted by molar-refractivity contribution is -0.137. The Balaban J connectivity index is 1.98. The molecule has 1 saturated heterocycles. The van der Waals surface area contributed by atoms with E-state index in [1.165, 1.54) is 12.1 Å². The highest BCUT2D eigenvalue weighted by Gasteiger charge is 2.36. The maximum Gasteiger partial charge on any atom is 0.416 e. The highest BCUT2D eigenvalue weighted by atomic mass is 19.4. The van der Waals surface area contributed by atoms with Gasteiger partial charge in [0.15, 0.2) is 5.78 Å². The highest BCUT2D eigenvalue weighted by molar-refractivity contribution is 6.24. The number of rotatable bonds is 1. The van der Waals surface area contributed by atoms with E-state index in [-0.39, 0.29) is 11.9 Å². The van der Waals surface area contributed by atoms with Crippen molar-refractivity contribution in [3.05, 3.63) is 41.0 Å². The fourth-order valence-corrected chi connectivity index (χ4v) is 2.84. The Kier molecular flexibility index (Phi) is 3.17. The molecule has 2 aliphatic rings. The summed E-state index contributed by atoms with van der Waals surface area (Å²) < 4.78 is 43.2. The molecule has 1 heterocycles. The zero-order valence-corrected chi connectivity index (χ0v) is 10.7. The van der Waals surface area contributed by atoms with Crippen molar-refractivity contribution in [2.24, 2.45) is 0 Å². The summed E-state index contributed by atoms with van der Waals surface area (Å²) in [6.45, 7) is 0.641. The van der Waals surface area contributed by atoms with Crippen LogP contribution in [0.2, 0.25) is 0 Å². The lowest BCUT2D eigenvalue weighted by Gasteiger charge is -2.21. The molecule has 0 aromatic heterocycles. The summed E-state index contributed by atoms with van der Waals surface area (Å²) in [7, 11) is 0. The molecule has 1 aliphatic heterocycles. The number of Topliss-reactive ketones (excluding diaryl/α,β-unsaturated/α-hetero) is 1. The van der Waals surface area contributed by atoms with E-state index in [1.54, 1.807) is 0 Å². The van der Waals surface area contributed by atoms with E-state index in [4.69, 9.17) is 4.74 Å². The molecule has 5 heteroatoms. The van der Waals surface area contributed by atoms with Crippen molar-refractivity contribution in [2.45, 2.75) is 31.5 Å². The lowest BCUT2D eigenvalue weighted by atomic mass is 9.96. The quantitative estimate of drug-likeness (QED) is 0.786. The van der Waals surface area contributed by atoms with Crippen molar-refractivity contribution in [1.29, 1.82) is 0 Å². The van der Waals surface area contributed by atoms with E-state index in [0.717, 1.165) is 30.5 Å². The molecule has 0 bridgehead atoms. The van der Waals surface area contributed by atoms with Gasteiger partial charge in [0, 0.05) is 18.6 Å². The van der Waals surface area contributed by atoms with Crippen molar-refractivity contribution in [2.75, 3.05) is 6.61 Å². The minimum Gasteiger partial charge on any atom is -0.373 e. The number of allylic oxidation sites excluding steroid dienone is 1. The Morgan fingerprint density at radius 2 is 1.85 bits per heavy atom. The van der Waals surface area contributed by atoms with Crippen LogP contribution in [0.25, 0.3) is 5.57 Å². The van der Waals surface area contributed by atoms with Crippen LogP contribution in [0.5, 0.6) is 0 Å². The number of hydrogen-bond acceptors (Lipinski definition) is 2. The van der Waals surface area contributed by atoms with Crippen LogP contribution in [0.4, 0.5) is 13.2 Å². The smallest absolute Gasteiger partial charge is 0.373 e. The largest absolute Gasteiger partial charge is 0.416 e. The number of benzene rings is 1. The van der Waals surface area contributed by atoms with Crippen LogP contribution in [0.1, 0.15) is 30.4 Å². The van der Waals surface area contributed by atoms with Gasteiger partial charge in [-0.05, 0) is 36.1 Å². The summed E-state index contributed by atoms with van der Waals surface area (Å²) in [6.07, 6.45) is -2.58. The normalized spacial score (nSPS) is 23.1. The molecule has 3 rings (SSSR count). The van der Waals surface area contributed by atoms with Crippen LogP contribution in [0.3, 0.4) is 0 Å². The summed E-state index contributed by atoms with van der Waals surface area (Å²) >= 11 is 0. The summed E-state index contributed by atoms with van der Waals surface area (Å²) in [5.41, 5.74) is 1.36. The molecule has 1 aromatic rings. The molecule has 106 valence electrons. The van der Waals surface area contributed by atoms with Crippen LogP contribution in [0.15, 0.2) is 29.8 Å². The van der Waals surface area contributed by atoms with Gasteiger partial charge in [-0.2, -0.15) is 13.2 Å². The van der Waals surface area contributed by atoms with Crippen LogP contribution in [0, 0.1) is 0 Å². The van der Waals surface area contributed by atoms with Gasteiger partial charge in [-0.1, -0.05) is 12.1 Å². The average molecular weight is 282 g/mol. The van der Waals surface area contributed by atoms with Crippen LogP contribution >= 0.6 is 0 Å². The Morgan fingerprint density at radius 3 is 2.50 bits per heavy atom. The number of carbonyl (C=O) groups is 1. The fourth-order valence-electron chi connectivity index (χ4n) is 2.84. The lowest BCUT2D eigenvalue weighted by Crippen LogP contribution is -2.19. The minimum atomic E-state index is -4.35. The van der Waals surface area contributed by atoms with E-state index in [1.807, 2.05) is 0 Å². The number of ketones is 1. The number of ether oxygens (including phenoxy) is 1. The first-order valence-corrected chi connectivity index (χ1v) is 6.52. The van der Waals surface area contributed by atoms with Gasteiger partial charge >= 0.3 is 6.18 Å². The van der Waals surface area contributed by atoms with Crippen molar-refractivity contribution in [3.8, 4) is 0 Å². The Bertz CT molecular complexity index is 570. The van der Waals surface area contributed by atoms with Gasteiger partial charge in [-0.3, -0.25) is 4.79 Å². The molecule has 1 aliphatic carbocycles. The first-order chi connectivity index (χ1) is 9.47. The molecule has 20 heavy (non-hydrogen) atoms. The summed E-state index contributed by atoms with van der Waals surface area (Å²) in [6, 6.07) is 4.79. The number of carbonyl (C=O) groups excluding carboxylic acids is 1. The maximum absolute atomic E-state index is 12.5. The summed E-state index contributed by atoms with van der Waals surface area (Å²) in [5, 5.41) is 0. The van der Waals surface area contributed by atoms with Crippen LogP contribution < -0.4 is 0 Å². The van der Waals surface area contributed by atoms with Crippen molar-refractivity contribution < 1.29 is 22.7 Å². The van der Waals surface area contributed by atoms with E-state index in [0.29, 0.717) is 24.2 Å². The average Bonchev–Trinajstić information content (AvgIpc) is 2.73. The predicted octanol–water partition coefficient (Wildman–Crippen LogP) is 3.61. The highest BCUT2D eigenvalue weighted by Crippen LogP contribution is 2.39. The Morgan fingerprint density at radius 1 is 1.15 bits per heavy atom. The molecule has 0 amide bonds. The van der Waals surface area contributed by atoms with Gasteiger partial charge in [0.05, 0.1) is 11.7 Å². The van der Waals surface area contributed by atoms with Gasteiger partial charge < -0.3 is 4.74 Å². The third-order valence-corrected chi connectivity index (χ3v) is 3.77. The number of fused-ring (bicyclic) bond motifs is 1. The van der Waals surface area contributed by atoms with E-state index < -0.39 is 11.7 Å². The van der Waals surface area contributed by atoms with Crippen LogP contribution in [-0.4, -0.2) is 18.5 Å². The van der Waals surface area contributed by atoms with Gasteiger partial charge in [-0.15, -0.1) is 0 Å². The molecule has 0 N–H and O–H groups in total. The summed E-state index contributed by atoms with van der Waals surface area (Å²) in [4.78, 5) is 12.1. The van der Waals surface area contributed by atoms with Crippen molar-refractivity contribution >= 4 is 11.4 Å². The number of hydrogen-bond donors (Lipinski definition) is 0. The molecule has 1 fully saturated rings. The molecule has 1 atom stereocenters. The SMILES string of the molecule is O=C1CC2OCCCC2=C1c1ccc(C(F)(F)F)cc1. The van der Waals surface area contributed by atoms with Gasteiger partial charge in [0.25, 0.3) is 0 Å². The number of alkyl halides is 3. The second-order valence-corrected chi connectivity index (χ2v) is 5.07. The molecular weight excluding hydrogens is 269 g/mol. The predicted molar refractivity (Wildman–Crippen MR) is 67.0 cm³/mol. The zero-order chi connectivity index (χ0) is 14.3. The zero-order valence-electron chi connectivity index (χ0n) is 10.7. The van der Waals surface area contributed by atoms with Crippen molar-refractivity contribution in [1.82, 2.24) is 0 Å². The Hall–Kier alpha value is -1.62. The molecule has 0 saturated carbocycles. The second-order valence-electron chi connectivity index (χ2n) is 5.07. The van der Waals surface area contributed by atoms with E-state index in [2.05, 4.69) is 0 Å². The first-order valence-electron chi connectivity index (χ1n) is 6.52. The molecular formula is C15H13F3O2. The van der Waals surface area contributed by atoms with Gasteiger partial charge in [-0.25, -0.2) is 0 Å². The fraction of sp³-hybridized carbons (Fsp3) is 0.400. The maximum atomic E-state index is 12.5. The molecule has 0 radical (unpaired) electrons. The van der Waals surface area contributed by atoms with E-state index in [9.17, 15) is 18.0 Å². The van der Waals surface area contributed by atoms with Crippen LogP contribution in [-0.2, 0) is 15.7 Å². The topological polar surface area (TPSA) is 26.3 Å². The number of halogens is 3. The molecule has 1 unspecified atom stereocenters. The third kappa shape index (κ3) is 2.26. The van der Waals surface area contributed by atoms with Crippen molar-refractivity contribution in [3.63, 3.8) is 0 Å². The molecule has 0 spiro atoms. The molecule has 1 aromatic carbocycles. The Labute approximate surface area is 114 Å². The van der Waals surface area contributed by atoms with E-state index >= 15 is 0 Å². The monoisotopic (exact) mass is 282 g/mol. The van der Waals surface area contributed by atoms with Gasteiger partial charge in [0.1, 0.15) is 0 Å². The van der Waals surface area contributed by atoms with Gasteiger partial charge in [0.2, 0.25) is 0 Å².